The number of aliphatic hydroxyl groups is 2. The van der Waals surface area contributed by atoms with Gasteiger partial charge in [0.1, 0.15) is 0 Å². The zero-order valence-electron chi connectivity index (χ0n) is 16.6. The molecule has 2 N–H and O–H groups in total. The Morgan fingerprint density at radius 3 is 2.38 bits per heavy atom. The average Bonchev–Trinajstić information content (AvgIpc) is 2.75. The van der Waals surface area contributed by atoms with Gasteiger partial charge in [0.25, 0.3) is 0 Å². The molecule has 1 aliphatic heterocycles. The molecular weight excluding hydrogens is 384 g/mol. The highest BCUT2D eigenvalue weighted by molar-refractivity contribution is 6.36. The van der Waals surface area contributed by atoms with Crippen molar-refractivity contribution in [3.8, 4) is 0 Å². The number of hydrogen-bond donors (Lipinski definition) is 2. The Balaban J connectivity index is 1.76. The van der Waals surface area contributed by atoms with E-state index in [4.69, 9.17) is 16.3 Å². The van der Waals surface area contributed by atoms with E-state index >= 15 is 0 Å². The lowest BCUT2D eigenvalue weighted by atomic mass is 9.90. The molecule has 4 heteroatoms. The lowest BCUT2D eigenvalue weighted by molar-refractivity contribution is -0.113. The summed E-state index contributed by atoms with van der Waals surface area (Å²) in [6, 6.07) is 18.8. The summed E-state index contributed by atoms with van der Waals surface area (Å²) < 4.78 is 6.12. The van der Waals surface area contributed by atoms with E-state index in [-0.39, 0.29) is 18.8 Å². The van der Waals surface area contributed by atoms with E-state index in [9.17, 15) is 10.2 Å². The summed E-state index contributed by atoms with van der Waals surface area (Å²) in [4.78, 5) is 0. The van der Waals surface area contributed by atoms with Crippen LogP contribution in [0, 0.1) is 0 Å². The predicted molar refractivity (Wildman–Crippen MR) is 118 cm³/mol. The second kappa shape index (κ2) is 8.85. The molecule has 0 amide bonds. The van der Waals surface area contributed by atoms with E-state index in [2.05, 4.69) is 43.3 Å². The molecule has 1 unspecified atom stereocenters. The summed E-state index contributed by atoms with van der Waals surface area (Å²) in [5, 5.41) is 22.7. The highest BCUT2D eigenvalue weighted by atomic mass is 35.5. The second-order valence-corrected chi connectivity index (χ2v) is 8.26. The van der Waals surface area contributed by atoms with Gasteiger partial charge in [0, 0.05) is 18.2 Å². The summed E-state index contributed by atoms with van der Waals surface area (Å²) in [6.45, 7) is 2.06. The average molecular weight is 411 g/mol. The highest BCUT2D eigenvalue weighted by Crippen LogP contribution is 2.39. The van der Waals surface area contributed by atoms with E-state index < -0.39 is 6.10 Å². The van der Waals surface area contributed by atoms with Gasteiger partial charge >= 0.3 is 0 Å². The maximum absolute atomic E-state index is 10.3. The minimum atomic E-state index is -0.481. The van der Waals surface area contributed by atoms with Crippen molar-refractivity contribution < 1.29 is 14.9 Å². The van der Waals surface area contributed by atoms with E-state index in [0.717, 1.165) is 39.8 Å². The molecule has 29 heavy (non-hydrogen) atoms. The number of ether oxygens (including phenoxy) is 1. The fraction of sp³-hybridized carbons (Fsp3) is 0.360. The highest BCUT2D eigenvalue weighted by Gasteiger charge is 2.30. The maximum atomic E-state index is 10.3. The summed E-state index contributed by atoms with van der Waals surface area (Å²) in [6.07, 6.45) is 1.66. The number of hydrogen-bond acceptors (Lipinski definition) is 3. The van der Waals surface area contributed by atoms with Crippen LogP contribution in [0.3, 0.4) is 0 Å². The number of aliphatic hydroxyl groups excluding tert-OH is 2. The molecule has 1 fully saturated rings. The van der Waals surface area contributed by atoms with Crippen LogP contribution in [0.4, 0.5) is 0 Å². The van der Waals surface area contributed by atoms with Crippen LogP contribution >= 0.6 is 11.6 Å². The van der Waals surface area contributed by atoms with Crippen LogP contribution in [0.1, 0.15) is 48.1 Å². The molecule has 3 nitrogen and oxygen atoms in total. The fourth-order valence-corrected chi connectivity index (χ4v) is 4.53. The number of aryl methyl sites for hydroxylation is 1. The van der Waals surface area contributed by atoms with Crippen molar-refractivity contribution in [2.75, 3.05) is 6.61 Å². The van der Waals surface area contributed by atoms with Crippen molar-refractivity contribution in [2.45, 2.75) is 50.9 Å². The third kappa shape index (κ3) is 4.34. The van der Waals surface area contributed by atoms with Gasteiger partial charge in [-0.2, -0.15) is 0 Å². The molecule has 152 valence electrons. The molecule has 0 radical (unpaired) electrons. The van der Waals surface area contributed by atoms with E-state index in [1.807, 2.05) is 18.2 Å². The third-order valence-electron chi connectivity index (χ3n) is 5.84. The summed E-state index contributed by atoms with van der Waals surface area (Å²) in [7, 11) is 0. The van der Waals surface area contributed by atoms with Gasteiger partial charge < -0.3 is 14.9 Å². The van der Waals surface area contributed by atoms with Crippen LogP contribution in [0.25, 0.3) is 10.8 Å². The summed E-state index contributed by atoms with van der Waals surface area (Å²) in [5.41, 5.74) is 4.61. The van der Waals surface area contributed by atoms with Gasteiger partial charge in [0.2, 0.25) is 0 Å². The Bertz CT molecular complexity index is 983. The molecule has 3 atom stereocenters. The molecule has 0 aromatic heterocycles. The first-order chi connectivity index (χ1) is 14.1. The molecule has 0 bridgehead atoms. The van der Waals surface area contributed by atoms with Gasteiger partial charge in [-0.3, -0.25) is 0 Å². The summed E-state index contributed by atoms with van der Waals surface area (Å²) in [5.74, 6) is 0. The smallest absolute Gasteiger partial charge is 0.0860 e. The first-order valence-electron chi connectivity index (χ1n) is 10.3. The molecule has 0 saturated carbocycles. The Morgan fingerprint density at radius 2 is 1.69 bits per heavy atom. The van der Waals surface area contributed by atoms with Crippen LogP contribution in [0.15, 0.2) is 54.6 Å². The molecule has 3 aromatic carbocycles. The van der Waals surface area contributed by atoms with Crippen LogP contribution in [0.5, 0.6) is 0 Å². The van der Waals surface area contributed by atoms with Gasteiger partial charge in [-0.15, -0.1) is 0 Å². The Labute approximate surface area is 176 Å². The van der Waals surface area contributed by atoms with Crippen molar-refractivity contribution >= 4 is 22.4 Å². The van der Waals surface area contributed by atoms with Crippen molar-refractivity contribution in [3.63, 3.8) is 0 Å². The van der Waals surface area contributed by atoms with Gasteiger partial charge in [0.15, 0.2) is 0 Å². The SMILES string of the molecule is CCc1ccc(Cc2cc([C@H]3CC(O)C[C@@H](CO)O3)c3ccccc3c2Cl)cc1. The second-order valence-electron chi connectivity index (χ2n) is 7.89. The van der Waals surface area contributed by atoms with Gasteiger partial charge in [-0.1, -0.05) is 73.1 Å². The fourth-order valence-electron chi connectivity index (χ4n) is 4.24. The van der Waals surface area contributed by atoms with Crippen molar-refractivity contribution in [2.24, 2.45) is 0 Å². The van der Waals surface area contributed by atoms with E-state index in [0.29, 0.717) is 12.8 Å². The molecular formula is C25H27ClO3. The van der Waals surface area contributed by atoms with Crippen LogP contribution in [-0.2, 0) is 17.6 Å². The minimum absolute atomic E-state index is 0.0876. The van der Waals surface area contributed by atoms with Gasteiger partial charge in [-0.25, -0.2) is 0 Å². The van der Waals surface area contributed by atoms with Crippen molar-refractivity contribution in [3.05, 3.63) is 81.9 Å². The molecule has 0 aliphatic carbocycles. The largest absolute Gasteiger partial charge is 0.394 e. The molecule has 1 heterocycles. The first-order valence-corrected chi connectivity index (χ1v) is 10.7. The number of rotatable bonds is 5. The van der Waals surface area contributed by atoms with Crippen molar-refractivity contribution in [1.29, 1.82) is 0 Å². The number of halogens is 1. The lowest BCUT2D eigenvalue weighted by Gasteiger charge is -2.33. The van der Waals surface area contributed by atoms with Crippen molar-refractivity contribution in [1.82, 2.24) is 0 Å². The third-order valence-corrected chi connectivity index (χ3v) is 6.29. The minimum Gasteiger partial charge on any atom is -0.394 e. The standard InChI is InChI=1S/C25H27ClO3/c1-2-16-7-9-17(10-8-16)11-18-12-23(21-5-3-4-6-22(21)25(18)26)24-14-19(28)13-20(15-27)29-24/h3-10,12,19-20,24,27-28H,2,11,13-15H2,1H3/t19?,20-,24+/m0/s1. The van der Waals surface area contributed by atoms with Crippen LogP contribution in [0.2, 0.25) is 5.02 Å². The number of fused-ring (bicyclic) bond motifs is 1. The molecule has 1 saturated heterocycles. The quantitative estimate of drug-likeness (QED) is 0.606. The number of benzene rings is 3. The maximum Gasteiger partial charge on any atom is 0.0860 e. The van der Waals surface area contributed by atoms with Crippen LogP contribution < -0.4 is 0 Å². The van der Waals surface area contributed by atoms with Gasteiger partial charge in [-0.05, 0) is 40.5 Å². The molecule has 4 rings (SSSR count). The summed E-state index contributed by atoms with van der Waals surface area (Å²) >= 11 is 6.82. The molecule has 1 aliphatic rings. The monoisotopic (exact) mass is 410 g/mol. The molecule has 3 aromatic rings. The topological polar surface area (TPSA) is 49.7 Å². The molecule has 0 spiro atoms. The zero-order valence-corrected chi connectivity index (χ0v) is 17.4. The lowest BCUT2D eigenvalue weighted by Crippen LogP contribution is -2.33. The first kappa shape index (κ1) is 20.4. The van der Waals surface area contributed by atoms with Gasteiger partial charge in [0.05, 0.1) is 29.9 Å². The van der Waals surface area contributed by atoms with E-state index in [1.165, 1.54) is 11.1 Å². The Morgan fingerprint density at radius 1 is 1.00 bits per heavy atom. The Hall–Kier alpha value is -1.91. The predicted octanol–water partition coefficient (Wildman–Crippen LogP) is 5.22. The zero-order chi connectivity index (χ0) is 20.4. The van der Waals surface area contributed by atoms with E-state index in [1.54, 1.807) is 0 Å². The normalized spacial score (nSPS) is 22.1. The van der Waals surface area contributed by atoms with Crippen LogP contribution in [-0.4, -0.2) is 29.0 Å². The Kier molecular flexibility index (Phi) is 6.21.